The summed E-state index contributed by atoms with van der Waals surface area (Å²) in [6, 6.07) is 8.30. The molecule has 1 N–H and O–H groups in total. The minimum Gasteiger partial charge on any atom is -0.386 e. The molecule has 0 saturated heterocycles. The number of fused-ring (bicyclic) bond motifs is 1. The number of pyridine rings is 1. The Bertz CT molecular complexity index is 579. The molecule has 0 aliphatic carbocycles. The van der Waals surface area contributed by atoms with Crippen molar-refractivity contribution < 1.29 is 5.11 Å². The molecule has 2 rings (SSSR count). The highest BCUT2D eigenvalue weighted by atomic mass is 16.3. The first-order valence-corrected chi connectivity index (χ1v) is 6.43. The highest BCUT2D eigenvalue weighted by Gasteiger charge is 2.20. The summed E-state index contributed by atoms with van der Waals surface area (Å²) in [7, 11) is 0. The standard InChI is InChI=1S/C16H21NO/c1-10(2)12-6-7-15-13(9-12)14(16(4,5)18)8-11(3)17-15/h6-10,18H,1-5H3. The first kappa shape index (κ1) is 13.0. The Morgan fingerprint density at radius 3 is 2.39 bits per heavy atom. The van der Waals surface area contributed by atoms with Crippen molar-refractivity contribution in [3.8, 4) is 0 Å². The molecule has 0 aliphatic rings. The number of nitrogens with zero attached hydrogens (tertiary/aromatic N) is 1. The fourth-order valence-corrected chi connectivity index (χ4v) is 2.24. The zero-order valence-electron chi connectivity index (χ0n) is 11.8. The average Bonchev–Trinajstić information content (AvgIpc) is 2.25. The van der Waals surface area contributed by atoms with Crippen molar-refractivity contribution in [1.29, 1.82) is 0 Å². The molecular formula is C16H21NO. The molecular weight excluding hydrogens is 222 g/mol. The summed E-state index contributed by atoms with van der Waals surface area (Å²) in [6.45, 7) is 9.96. The van der Waals surface area contributed by atoms with Gasteiger partial charge in [-0.05, 0) is 56.0 Å². The monoisotopic (exact) mass is 243 g/mol. The summed E-state index contributed by atoms with van der Waals surface area (Å²) >= 11 is 0. The summed E-state index contributed by atoms with van der Waals surface area (Å²) in [5.41, 5.74) is 3.28. The SMILES string of the molecule is Cc1cc(C(C)(C)O)c2cc(C(C)C)ccc2n1. The van der Waals surface area contributed by atoms with Gasteiger partial charge in [0.15, 0.2) is 0 Å². The van der Waals surface area contributed by atoms with Crippen LogP contribution in [-0.2, 0) is 5.60 Å². The number of rotatable bonds is 2. The van der Waals surface area contributed by atoms with Gasteiger partial charge in [-0.3, -0.25) is 4.98 Å². The van der Waals surface area contributed by atoms with Crippen LogP contribution in [0.1, 0.15) is 50.4 Å². The molecule has 0 spiro atoms. The van der Waals surface area contributed by atoms with Crippen molar-refractivity contribution in [3.63, 3.8) is 0 Å². The molecule has 1 heterocycles. The van der Waals surface area contributed by atoms with Crippen molar-refractivity contribution in [2.24, 2.45) is 0 Å². The maximum atomic E-state index is 10.3. The van der Waals surface area contributed by atoms with Gasteiger partial charge >= 0.3 is 0 Å². The molecule has 2 heteroatoms. The lowest BCUT2D eigenvalue weighted by molar-refractivity contribution is 0.0800. The fraction of sp³-hybridized carbons (Fsp3) is 0.438. The van der Waals surface area contributed by atoms with Gasteiger partial charge in [-0.1, -0.05) is 19.9 Å². The van der Waals surface area contributed by atoms with Crippen LogP contribution in [0.3, 0.4) is 0 Å². The van der Waals surface area contributed by atoms with Gasteiger partial charge in [0.25, 0.3) is 0 Å². The van der Waals surface area contributed by atoms with Crippen LogP contribution in [0.25, 0.3) is 10.9 Å². The molecule has 0 fully saturated rings. The summed E-state index contributed by atoms with van der Waals surface area (Å²) in [5, 5.41) is 11.4. The normalized spacial score (nSPS) is 12.4. The van der Waals surface area contributed by atoms with E-state index in [1.807, 2.05) is 32.9 Å². The van der Waals surface area contributed by atoms with Gasteiger partial charge in [-0.2, -0.15) is 0 Å². The molecule has 0 amide bonds. The van der Waals surface area contributed by atoms with Crippen LogP contribution in [0.15, 0.2) is 24.3 Å². The third-order valence-electron chi connectivity index (χ3n) is 3.29. The summed E-state index contributed by atoms with van der Waals surface area (Å²) in [5.74, 6) is 0.477. The van der Waals surface area contributed by atoms with Crippen LogP contribution in [0.5, 0.6) is 0 Å². The third-order valence-corrected chi connectivity index (χ3v) is 3.29. The van der Waals surface area contributed by atoms with E-state index in [1.54, 1.807) is 0 Å². The second-order valence-electron chi connectivity index (χ2n) is 5.80. The van der Waals surface area contributed by atoms with Gasteiger partial charge in [0.1, 0.15) is 0 Å². The average molecular weight is 243 g/mol. The second kappa shape index (κ2) is 4.36. The molecule has 1 aromatic carbocycles. The molecule has 0 unspecified atom stereocenters. The van der Waals surface area contributed by atoms with Gasteiger partial charge in [-0.15, -0.1) is 0 Å². The van der Waals surface area contributed by atoms with E-state index in [2.05, 4.69) is 31.0 Å². The van der Waals surface area contributed by atoms with Gasteiger partial charge in [-0.25, -0.2) is 0 Å². The van der Waals surface area contributed by atoms with Crippen LogP contribution in [-0.4, -0.2) is 10.1 Å². The van der Waals surface area contributed by atoms with E-state index in [9.17, 15) is 5.11 Å². The molecule has 0 atom stereocenters. The molecule has 2 nitrogen and oxygen atoms in total. The first-order chi connectivity index (χ1) is 8.29. The van der Waals surface area contributed by atoms with E-state index >= 15 is 0 Å². The highest BCUT2D eigenvalue weighted by molar-refractivity contribution is 5.84. The lowest BCUT2D eigenvalue weighted by atomic mass is 9.91. The zero-order chi connectivity index (χ0) is 13.5. The van der Waals surface area contributed by atoms with E-state index in [-0.39, 0.29) is 0 Å². The summed E-state index contributed by atoms with van der Waals surface area (Å²) < 4.78 is 0. The topological polar surface area (TPSA) is 33.1 Å². The molecule has 0 radical (unpaired) electrons. The highest BCUT2D eigenvalue weighted by Crippen LogP contribution is 2.30. The number of hydrogen-bond acceptors (Lipinski definition) is 2. The van der Waals surface area contributed by atoms with Crippen molar-refractivity contribution in [2.75, 3.05) is 0 Å². The summed E-state index contributed by atoms with van der Waals surface area (Å²) in [4.78, 5) is 4.54. The Labute approximate surface area is 109 Å². The molecule has 2 aromatic rings. The van der Waals surface area contributed by atoms with Crippen molar-refractivity contribution in [2.45, 2.75) is 46.1 Å². The maximum Gasteiger partial charge on any atom is 0.0847 e. The lowest BCUT2D eigenvalue weighted by Crippen LogP contribution is -2.16. The Balaban J connectivity index is 2.78. The van der Waals surface area contributed by atoms with E-state index in [0.717, 1.165) is 22.2 Å². The minimum absolute atomic E-state index is 0.477. The van der Waals surface area contributed by atoms with Gasteiger partial charge in [0.05, 0.1) is 11.1 Å². The van der Waals surface area contributed by atoms with Crippen LogP contribution in [0.2, 0.25) is 0 Å². The molecule has 0 bridgehead atoms. The van der Waals surface area contributed by atoms with Crippen molar-refractivity contribution in [3.05, 3.63) is 41.1 Å². The Hall–Kier alpha value is -1.41. The van der Waals surface area contributed by atoms with Crippen LogP contribution >= 0.6 is 0 Å². The molecule has 0 aliphatic heterocycles. The van der Waals surface area contributed by atoms with Gasteiger partial charge in [0.2, 0.25) is 0 Å². The number of aliphatic hydroxyl groups is 1. The zero-order valence-corrected chi connectivity index (χ0v) is 11.8. The Morgan fingerprint density at radius 2 is 1.83 bits per heavy atom. The smallest absolute Gasteiger partial charge is 0.0847 e. The van der Waals surface area contributed by atoms with Crippen molar-refractivity contribution >= 4 is 10.9 Å². The number of benzene rings is 1. The summed E-state index contributed by atoms with van der Waals surface area (Å²) in [6.07, 6.45) is 0. The second-order valence-corrected chi connectivity index (χ2v) is 5.80. The van der Waals surface area contributed by atoms with E-state index < -0.39 is 5.60 Å². The Morgan fingerprint density at radius 1 is 1.17 bits per heavy atom. The predicted molar refractivity (Wildman–Crippen MR) is 75.8 cm³/mol. The molecule has 0 saturated carbocycles. The van der Waals surface area contributed by atoms with E-state index in [1.165, 1.54) is 5.56 Å². The minimum atomic E-state index is -0.846. The van der Waals surface area contributed by atoms with E-state index in [0.29, 0.717) is 5.92 Å². The van der Waals surface area contributed by atoms with Crippen LogP contribution in [0.4, 0.5) is 0 Å². The largest absolute Gasteiger partial charge is 0.386 e. The quantitative estimate of drug-likeness (QED) is 0.868. The van der Waals surface area contributed by atoms with E-state index in [4.69, 9.17) is 0 Å². The molecule has 18 heavy (non-hydrogen) atoms. The maximum absolute atomic E-state index is 10.3. The Kier molecular flexibility index (Phi) is 3.16. The van der Waals surface area contributed by atoms with Crippen LogP contribution < -0.4 is 0 Å². The van der Waals surface area contributed by atoms with Gasteiger partial charge in [0, 0.05) is 11.1 Å². The number of hydrogen-bond donors (Lipinski definition) is 1. The van der Waals surface area contributed by atoms with Crippen molar-refractivity contribution in [1.82, 2.24) is 4.98 Å². The lowest BCUT2D eigenvalue weighted by Gasteiger charge is -2.21. The predicted octanol–water partition coefficient (Wildman–Crippen LogP) is 3.89. The number of aromatic nitrogens is 1. The van der Waals surface area contributed by atoms with Gasteiger partial charge < -0.3 is 5.11 Å². The van der Waals surface area contributed by atoms with Crippen LogP contribution in [0, 0.1) is 6.92 Å². The third kappa shape index (κ3) is 2.39. The molecule has 96 valence electrons. The molecule has 1 aromatic heterocycles. The fourth-order valence-electron chi connectivity index (χ4n) is 2.24. The first-order valence-electron chi connectivity index (χ1n) is 6.43. The number of aryl methyl sites for hydroxylation is 1.